The summed E-state index contributed by atoms with van der Waals surface area (Å²) in [4.78, 5) is 49.6. The molecule has 2 atom stereocenters. The highest BCUT2D eigenvalue weighted by atomic mass is 32.1. The Morgan fingerprint density at radius 2 is 1.96 bits per heavy atom. The van der Waals surface area contributed by atoms with Crippen molar-refractivity contribution >= 4 is 50.2 Å². The molecule has 48 heavy (non-hydrogen) atoms. The Morgan fingerprint density at radius 1 is 1.19 bits per heavy atom. The Balaban J connectivity index is 1.31. The highest BCUT2D eigenvalue weighted by Crippen LogP contribution is 2.33. The molecule has 2 aliphatic heterocycles. The second-order valence-electron chi connectivity index (χ2n) is 11.6. The number of para-hydroxylation sites is 1. The Labute approximate surface area is 282 Å². The molecule has 250 valence electrons. The molecular weight excluding hydrogens is 632 g/mol. The first-order chi connectivity index (χ1) is 23.2. The monoisotopic (exact) mass is 670 g/mol. The van der Waals surface area contributed by atoms with Gasteiger partial charge in [0, 0.05) is 26.6 Å². The van der Waals surface area contributed by atoms with Crippen LogP contribution in [0.2, 0.25) is 0 Å². The maximum absolute atomic E-state index is 14.3. The number of carbonyl (C=O) groups excluding carboxylic acids is 3. The Bertz CT molecular complexity index is 1850. The lowest BCUT2D eigenvalue weighted by molar-refractivity contribution is -0.157. The average molecular weight is 671 g/mol. The quantitative estimate of drug-likeness (QED) is 0.139. The minimum absolute atomic E-state index is 0.0792. The van der Waals surface area contributed by atoms with Crippen molar-refractivity contribution in [2.75, 3.05) is 44.8 Å². The van der Waals surface area contributed by atoms with E-state index in [1.54, 1.807) is 53.2 Å². The summed E-state index contributed by atoms with van der Waals surface area (Å²) in [6, 6.07) is 17.0. The van der Waals surface area contributed by atoms with E-state index in [9.17, 15) is 19.5 Å². The zero-order chi connectivity index (χ0) is 33.9. The summed E-state index contributed by atoms with van der Waals surface area (Å²) >= 11 is 1.38. The van der Waals surface area contributed by atoms with Gasteiger partial charge in [-0.05, 0) is 47.0 Å². The first-order valence-corrected chi connectivity index (χ1v) is 16.3. The standard InChI is InChI=1S/C34H38N8O5S/c1-4-14-40(34(46)37-17-21-8-11-24(47-3)12-9-21)41-20-30(44)42-26(16-22-10-13-27(43)25(15-22)36-2)32(45)39(19-29(41)42)18-23-6-5-7-28-31(23)38-33(35)48-28/h4-13,15,26,29,36,43H,1,14,16-20H2,2-3H3,(H2,35,38)(H,37,46)/t26-,29+/m0/s1. The zero-order valence-corrected chi connectivity index (χ0v) is 27.6. The van der Waals surface area contributed by atoms with E-state index in [0.29, 0.717) is 16.6 Å². The highest BCUT2D eigenvalue weighted by Gasteiger charge is 2.52. The molecule has 1 aromatic heterocycles. The van der Waals surface area contributed by atoms with Crippen LogP contribution in [-0.4, -0.2) is 93.8 Å². The fourth-order valence-corrected chi connectivity index (χ4v) is 7.10. The largest absolute Gasteiger partial charge is 0.506 e. The van der Waals surface area contributed by atoms with Crippen molar-refractivity contribution < 1.29 is 24.2 Å². The van der Waals surface area contributed by atoms with E-state index >= 15 is 0 Å². The van der Waals surface area contributed by atoms with E-state index < -0.39 is 18.2 Å². The number of phenolic OH excluding ortho intramolecular Hbond substituents is 1. The molecule has 14 heteroatoms. The molecule has 4 amide bonds. The van der Waals surface area contributed by atoms with Crippen molar-refractivity contribution in [2.24, 2.45) is 0 Å². The zero-order valence-electron chi connectivity index (χ0n) is 26.8. The number of amides is 4. The third-order valence-corrected chi connectivity index (χ3v) is 9.51. The molecule has 0 unspecified atom stereocenters. The van der Waals surface area contributed by atoms with Crippen molar-refractivity contribution in [1.29, 1.82) is 0 Å². The van der Waals surface area contributed by atoms with Crippen LogP contribution in [0.1, 0.15) is 16.7 Å². The molecule has 0 bridgehead atoms. The van der Waals surface area contributed by atoms with Gasteiger partial charge in [-0.2, -0.15) is 5.01 Å². The number of fused-ring (bicyclic) bond motifs is 2. The molecule has 0 aliphatic carbocycles. The molecule has 6 rings (SSSR count). The fourth-order valence-electron chi connectivity index (χ4n) is 6.32. The maximum atomic E-state index is 14.3. The van der Waals surface area contributed by atoms with Gasteiger partial charge in [-0.25, -0.2) is 9.78 Å². The number of carbonyl (C=O) groups is 3. The van der Waals surface area contributed by atoms with Gasteiger partial charge in [-0.3, -0.25) is 14.6 Å². The number of rotatable bonds is 11. The topological polar surface area (TPSA) is 157 Å². The van der Waals surface area contributed by atoms with Crippen LogP contribution in [-0.2, 0) is 29.1 Å². The summed E-state index contributed by atoms with van der Waals surface area (Å²) in [5, 5.41) is 19.8. The number of aromatic hydroxyl groups is 1. The molecule has 4 aromatic rings. The van der Waals surface area contributed by atoms with Crippen LogP contribution in [0.25, 0.3) is 10.2 Å². The number of hydrogen-bond donors (Lipinski definition) is 4. The fraction of sp³-hybridized carbons (Fsp3) is 0.294. The molecule has 3 heterocycles. The molecule has 0 spiro atoms. The van der Waals surface area contributed by atoms with Crippen LogP contribution in [0.15, 0.2) is 73.3 Å². The van der Waals surface area contributed by atoms with Crippen molar-refractivity contribution in [3.63, 3.8) is 0 Å². The van der Waals surface area contributed by atoms with Gasteiger partial charge in [0.15, 0.2) is 5.13 Å². The molecule has 0 radical (unpaired) electrons. The predicted octanol–water partition coefficient (Wildman–Crippen LogP) is 3.37. The van der Waals surface area contributed by atoms with Crippen molar-refractivity contribution in [2.45, 2.75) is 31.7 Å². The number of hydrogen-bond acceptors (Lipinski definition) is 10. The van der Waals surface area contributed by atoms with Crippen LogP contribution in [0.4, 0.5) is 15.6 Å². The number of thiazole rings is 1. The number of urea groups is 1. The van der Waals surface area contributed by atoms with Crippen LogP contribution in [0.5, 0.6) is 11.5 Å². The smallest absolute Gasteiger partial charge is 0.332 e. The lowest BCUT2D eigenvalue weighted by Crippen LogP contribution is -2.66. The maximum Gasteiger partial charge on any atom is 0.332 e. The number of aromatic nitrogens is 1. The van der Waals surface area contributed by atoms with Gasteiger partial charge in [-0.15, -0.1) is 6.58 Å². The summed E-state index contributed by atoms with van der Waals surface area (Å²) in [6.07, 6.45) is 1.18. The summed E-state index contributed by atoms with van der Waals surface area (Å²) in [6.45, 7) is 4.56. The third kappa shape index (κ3) is 6.44. The lowest BCUT2D eigenvalue weighted by Gasteiger charge is -2.46. The minimum Gasteiger partial charge on any atom is -0.506 e. The molecule has 13 nitrogen and oxygen atoms in total. The lowest BCUT2D eigenvalue weighted by atomic mass is 9.99. The summed E-state index contributed by atoms with van der Waals surface area (Å²) in [5.74, 6) is 0.302. The number of nitrogens with zero attached hydrogens (tertiary/aromatic N) is 5. The van der Waals surface area contributed by atoms with Gasteiger partial charge >= 0.3 is 6.03 Å². The number of anilines is 2. The van der Waals surface area contributed by atoms with E-state index in [-0.39, 0.29) is 56.7 Å². The number of nitrogens with one attached hydrogen (secondary N) is 2. The van der Waals surface area contributed by atoms with Crippen LogP contribution in [0, 0.1) is 0 Å². The van der Waals surface area contributed by atoms with E-state index in [1.807, 2.05) is 42.5 Å². The Kier molecular flexibility index (Phi) is 9.37. The molecule has 2 aliphatic rings. The molecule has 5 N–H and O–H groups in total. The number of nitrogen functional groups attached to an aromatic ring is 1. The van der Waals surface area contributed by atoms with Crippen LogP contribution in [0.3, 0.4) is 0 Å². The summed E-state index contributed by atoms with van der Waals surface area (Å²) in [5.41, 5.74) is 9.74. The highest BCUT2D eigenvalue weighted by molar-refractivity contribution is 7.22. The van der Waals surface area contributed by atoms with Crippen molar-refractivity contribution in [3.05, 3.63) is 90.0 Å². The molecule has 0 saturated carbocycles. The molecule has 2 fully saturated rings. The van der Waals surface area contributed by atoms with Gasteiger partial charge in [0.05, 0.1) is 42.6 Å². The van der Waals surface area contributed by atoms with Crippen molar-refractivity contribution in [3.8, 4) is 11.5 Å². The van der Waals surface area contributed by atoms with Gasteiger partial charge in [0.1, 0.15) is 23.7 Å². The number of ether oxygens (including phenoxy) is 1. The van der Waals surface area contributed by atoms with Gasteiger partial charge in [0.25, 0.3) is 0 Å². The number of hydrazine groups is 1. The van der Waals surface area contributed by atoms with E-state index in [0.717, 1.165) is 26.9 Å². The first kappa shape index (κ1) is 32.6. The van der Waals surface area contributed by atoms with E-state index in [4.69, 9.17) is 10.5 Å². The average Bonchev–Trinajstić information content (AvgIpc) is 3.64. The SMILES string of the molecule is C=CCN(C(=O)NCc1ccc(OC)cc1)N1CC(=O)N2[C@@H](Cc3ccc(O)c(NC)c3)C(=O)N(Cc3cccc4sc(N)nc34)C[C@@H]21. The second kappa shape index (κ2) is 13.8. The summed E-state index contributed by atoms with van der Waals surface area (Å²) < 4.78 is 6.15. The van der Waals surface area contributed by atoms with Gasteiger partial charge in [0.2, 0.25) is 11.8 Å². The minimum atomic E-state index is -0.858. The number of nitrogens with two attached hydrogens (primary N) is 1. The summed E-state index contributed by atoms with van der Waals surface area (Å²) in [7, 11) is 3.29. The van der Waals surface area contributed by atoms with Crippen LogP contribution < -0.4 is 21.1 Å². The number of methoxy groups -OCH3 is 1. The molecule has 3 aromatic carbocycles. The molecule has 2 saturated heterocycles. The number of phenols is 1. The number of benzene rings is 3. The normalized spacial score (nSPS) is 17.8. The van der Waals surface area contributed by atoms with E-state index in [2.05, 4.69) is 22.2 Å². The first-order valence-electron chi connectivity index (χ1n) is 15.5. The third-order valence-electron chi connectivity index (χ3n) is 8.66. The van der Waals surface area contributed by atoms with Gasteiger partial charge in [-0.1, -0.05) is 47.7 Å². The van der Waals surface area contributed by atoms with Crippen LogP contribution >= 0.6 is 11.3 Å². The Hall–Kier alpha value is -5.34. The van der Waals surface area contributed by atoms with Gasteiger partial charge < -0.3 is 36.0 Å². The van der Waals surface area contributed by atoms with Crippen molar-refractivity contribution in [1.82, 2.24) is 30.1 Å². The Morgan fingerprint density at radius 3 is 2.69 bits per heavy atom. The number of piperazine rings is 1. The predicted molar refractivity (Wildman–Crippen MR) is 184 cm³/mol. The van der Waals surface area contributed by atoms with E-state index in [1.165, 1.54) is 16.3 Å². The molecular formula is C34H38N8O5S. The second-order valence-corrected chi connectivity index (χ2v) is 12.7.